The van der Waals surface area contributed by atoms with Gasteiger partial charge in [0.15, 0.2) is 0 Å². The third-order valence-electron chi connectivity index (χ3n) is 3.90. The fraction of sp³-hybridized carbons (Fsp3) is 0.316. The molecular weight excluding hydrogens is 302 g/mol. The Balaban J connectivity index is 2.01. The molecule has 2 amide bonds. The van der Waals surface area contributed by atoms with Crippen LogP contribution in [0.25, 0.3) is 0 Å². The highest BCUT2D eigenvalue weighted by molar-refractivity contribution is 6.04. The van der Waals surface area contributed by atoms with Crippen molar-refractivity contribution in [1.29, 1.82) is 0 Å². The maximum Gasteiger partial charge on any atom is 0.256 e. The summed E-state index contributed by atoms with van der Waals surface area (Å²) >= 11 is 0. The lowest BCUT2D eigenvalue weighted by Crippen LogP contribution is -2.21. The number of anilines is 2. The Morgan fingerprint density at radius 3 is 2.25 bits per heavy atom. The number of pyridine rings is 1. The summed E-state index contributed by atoms with van der Waals surface area (Å²) in [4.78, 5) is 28.5. The summed E-state index contributed by atoms with van der Waals surface area (Å²) in [6.07, 6.45) is 1.62. The Labute approximate surface area is 142 Å². The van der Waals surface area contributed by atoms with Gasteiger partial charge >= 0.3 is 0 Å². The topological polar surface area (TPSA) is 71.1 Å². The summed E-state index contributed by atoms with van der Waals surface area (Å²) in [6.45, 7) is 5.87. The smallest absolute Gasteiger partial charge is 0.256 e. The number of amides is 2. The van der Waals surface area contributed by atoms with E-state index in [0.29, 0.717) is 17.1 Å². The van der Waals surface area contributed by atoms with Crippen LogP contribution in [0, 0.1) is 12.8 Å². The highest BCUT2D eigenvalue weighted by Gasteiger charge is 2.14. The average Bonchev–Trinajstić information content (AvgIpc) is 2.56. The number of nitrogens with zero attached hydrogens (tertiary/aromatic N) is 1. The van der Waals surface area contributed by atoms with Crippen molar-refractivity contribution in [3.05, 3.63) is 53.7 Å². The van der Waals surface area contributed by atoms with Crippen molar-refractivity contribution in [1.82, 2.24) is 4.98 Å². The molecule has 0 bridgehead atoms. The largest absolute Gasteiger partial charge is 0.326 e. The molecule has 0 radical (unpaired) electrons. The minimum Gasteiger partial charge on any atom is -0.326 e. The van der Waals surface area contributed by atoms with E-state index >= 15 is 0 Å². The summed E-state index contributed by atoms with van der Waals surface area (Å²) in [5, 5.41) is 5.64. The first-order valence-corrected chi connectivity index (χ1v) is 8.19. The summed E-state index contributed by atoms with van der Waals surface area (Å²) in [5.74, 6) is 0.318. The van der Waals surface area contributed by atoms with Crippen LogP contribution in [0.1, 0.15) is 42.7 Å². The second kappa shape index (κ2) is 8.24. The zero-order chi connectivity index (χ0) is 17.5. The Morgan fingerprint density at radius 2 is 1.67 bits per heavy atom. The van der Waals surface area contributed by atoms with Gasteiger partial charge in [-0.3, -0.25) is 9.59 Å². The molecule has 0 saturated carbocycles. The van der Waals surface area contributed by atoms with Gasteiger partial charge in [0, 0.05) is 22.9 Å². The Hall–Kier alpha value is -2.69. The van der Waals surface area contributed by atoms with Crippen molar-refractivity contribution in [2.75, 3.05) is 10.6 Å². The molecule has 0 unspecified atom stereocenters. The molecule has 126 valence electrons. The van der Waals surface area contributed by atoms with Gasteiger partial charge in [-0.1, -0.05) is 19.9 Å². The third kappa shape index (κ3) is 4.65. The van der Waals surface area contributed by atoms with Crippen molar-refractivity contribution >= 4 is 23.3 Å². The zero-order valence-electron chi connectivity index (χ0n) is 14.3. The molecule has 2 N–H and O–H groups in total. The lowest BCUT2D eigenvalue weighted by atomic mass is 10.0. The van der Waals surface area contributed by atoms with Gasteiger partial charge in [0.25, 0.3) is 5.91 Å². The third-order valence-corrected chi connectivity index (χ3v) is 3.90. The Bertz CT molecular complexity index is 707. The van der Waals surface area contributed by atoms with Crippen molar-refractivity contribution in [3.63, 3.8) is 0 Å². The number of carbonyl (C=O) groups excluding carboxylic acids is 2. The van der Waals surface area contributed by atoms with Crippen LogP contribution in [0.3, 0.4) is 0 Å². The number of hydrogen-bond donors (Lipinski definition) is 2. The van der Waals surface area contributed by atoms with Gasteiger partial charge in [-0.15, -0.1) is 0 Å². The summed E-state index contributed by atoms with van der Waals surface area (Å²) < 4.78 is 0. The molecule has 0 spiro atoms. The molecule has 0 fully saturated rings. The van der Waals surface area contributed by atoms with Crippen molar-refractivity contribution in [2.24, 2.45) is 5.92 Å². The van der Waals surface area contributed by atoms with Gasteiger partial charge in [0.2, 0.25) is 5.91 Å². The van der Waals surface area contributed by atoms with Gasteiger partial charge in [-0.25, -0.2) is 4.98 Å². The predicted octanol–water partition coefficient (Wildman–Crippen LogP) is 4.02. The lowest BCUT2D eigenvalue weighted by molar-refractivity contribution is -0.120. The number of benzene rings is 1. The molecule has 0 aliphatic rings. The zero-order valence-corrected chi connectivity index (χ0v) is 14.3. The van der Waals surface area contributed by atoms with Crippen molar-refractivity contribution in [2.45, 2.75) is 33.6 Å². The van der Waals surface area contributed by atoms with E-state index in [9.17, 15) is 9.59 Å². The van der Waals surface area contributed by atoms with Crippen LogP contribution in [0.5, 0.6) is 0 Å². The van der Waals surface area contributed by atoms with E-state index in [1.54, 1.807) is 30.3 Å². The first-order chi connectivity index (χ1) is 11.5. The van der Waals surface area contributed by atoms with E-state index in [0.717, 1.165) is 18.5 Å². The van der Waals surface area contributed by atoms with Gasteiger partial charge < -0.3 is 10.6 Å². The normalized spacial score (nSPS) is 10.5. The molecule has 1 aromatic heterocycles. The van der Waals surface area contributed by atoms with Crippen LogP contribution in [-0.4, -0.2) is 16.8 Å². The van der Waals surface area contributed by atoms with Gasteiger partial charge in [0.05, 0.1) is 0 Å². The molecule has 5 nitrogen and oxygen atoms in total. The van der Waals surface area contributed by atoms with Crippen LogP contribution in [-0.2, 0) is 4.79 Å². The van der Waals surface area contributed by atoms with E-state index in [1.165, 1.54) is 0 Å². The number of nitrogens with one attached hydrogen (secondary N) is 2. The monoisotopic (exact) mass is 325 g/mol. The van der Waals surface area contributed by atoms with E-state index in [-0.39, 0.29) is 17.7 Å². The molecule has 0 aliphatic heterocycles. The first kappa shape index (κ1) is 17.7. The predicted molar refractivity (Wildman–Crippen MR) is 96.1 cm³/mol. The summed E-state index contributed by atoms with van der Waals surface area (Å²) in [6, 6.07) is 12.3. The fourth-order valence-electron chi connectivity index (χ4n) is 2.41. The second-order valence-electron chi connectivity index (χ2n) is 5.70. The minimum absolute atomic E-state index is 0.0142. The number of aryl methyl sites for hydroxylation is 1. The second-order valence-corrected chi connectivity index (χ2v) is 5.70. The summed E-state index contributed by atoms with van der Waals surface area (Å²) in [7, 11) is 0. The molecule has 0 saturated heterocycles. The highest BCUT2D eigenvalue weighted by atomic mass is 16.2. The Morgan fingerprint density at radius 1 is 1.00 bits per heavy atom. The number of hydrogen-bond acceptors (Lipinski definition) is 3. The molecule has 1 aromatic carbocycles. The number of carbonyl (C=O) groups is 2. The van der Waals surface area contributed by atoms with E-state index in [1.807, 2.05) is 32.9 Å². The molecule has 2 aromatic rings. The maximum atomic E-state index is 12.2. The molecule has 2 rings (SSSR count). The minimum atomic E-state index is -0.231. The van der Waals surface area contributed by atoms with Crippen molar-refractivity contribution in [3.8, 4) is 0 Å². The van der Waals surface area contributed by atoms with Gasteiger partial charge in [-0.2, -0.15) is 0 Å². The quantitative estimate of drug-likeness (QED) is 0.842. The Kier molecular flexibility index (Phi) is 6.07. The standard InChI is InChI=1S/C19H23N3O2/c1-4-14(5-2)18(23)21-16-11-9-15(10-12-16)19(24)22-17-8-6-7-13(3)20-17/h6-12,14H,4-5H2,1-3H3,(H,21,23)(H,20,22,24). The van der Waals surface area contributed by atoms with Gasteiger partial charge in [0.1, 0.15) is 5.82 Å². The van der Waals surface area contributed by atoms with Crippen molar-refractivity contribution < 1.29 is 9.59 Å². The SMILES string of the molecule is CCC(CC)C(=O)Nc1ccc(C(=O)Nc2cccc(C)n2)cc1. The molecule has 0 atom stereocenters. The van der Waals surface area contributed by atoms with Crippen LogP contribution in [0.15, 0.2) is 42.5 Å². The molecule has 0 aliphatic carbocycles. The van der Waals surface area contributed by atoms with Crippen LogP contribution in [0.4, 0.5) is 11.5 Å². The number of rotatable bonds is 6. The van der Waals surface area contributed by atoms with E-state index in [4.69, 9.17) is 0 Å². The summed E-state index contributed by atoms with van der Waals surface area (Å²) in [5.41, 5.74) is 2.04. The lowest BCUT2D eigenvalue weighted by Gasteiger charge is -2.13. The van der Waals surface area contributed by atoms with Gasteiger partial charge in [-0.05, 0) is 56.2 Å². The van der Waals surface area contributed by atoms with Crippen LogP contribution in [0.2, 0.25) is 0 Å². The van der Waals surface area contributed by atoms with E-state index in [2.05, 4.69) is 15.6 Å². The fourth-order valence-corrected chi connectivity index (χ4v) is 2.41. The van der Waals surface area contributed by atoms with Crippen LogP contribution >= 0.6 is 0 Å². The average molecular weight is 325 g/mol. The molecule has 24 heavy (non-hydrogen) atoms. The molecule has 5 heteroatoms. The van der Waals surface area contributed by atoms with E-state index < -0.39 is 0 Å². The maximum absolute atomic E-state index is 12.2. The first-order valence-electron chi connectivity index (χ1n) is 8.19. The highest BCUT2D eigenvalue weighted by Crippen LogP contribution is 2.15. The molecule has 1 heterocycles. The molecular formula is C19H23N3O2. The van der Waals surface area contributed by atoms with Crippen LogP contribution < -0.4 is 10.6 Å². The number of aromatic nitrogens is 1.